The van der Waals surface area contributed by atoms with Crippen LogP contribution in [0.1, 0.15) is 12.5 Å². The average Bonchev–Trinajstić information content (AvgIpc) is 2.93. The Labute approximate surface area is 122 Å². The predicted octanol–water partition coefficient (Wildman–Crippen LogP) is 2.99. The SMILES string of the molecule is CC(=O)Nc1ccc(NCc2ccc3c(c2)OCO3)cc1. The molecule has 2 aromatic carbocycles. The molecule has 5 heteroatoms. The van der Waals surface area contributed by atoms with Crippen molar-refractivity contribution in [3.05, 3.63) is 48.0 Å². The van der Waals surface area contributed by atoms with Gasteiger partial charge in [0.05, 0.1) is 0 Å². The summed E-state index contributed by atoms with van der Waals surface area (Å²) in [6, 6.07) is 13.5. The fourth-order valence-electron chi connectivity index (χ4n) is 2.13. The molecular weight excluding hydrogens is 268 g/mol. The Morgan fingerprint density at radius 2 is 1.76 bits per heavy atom. The minimum atomic E-state index is -0.0731. The van der Waals surface area contributed by atoms with Gasteiger partial charge in [-0.1, -0.05) is 6.07 Å². The number of nitrogens with one attached hydrogen (secondary N) is 2. The van der Waals surface area contributed by atoms with E-state index in [2.05, 4.69) is 10.6 Å². The Morgan fingerprint density at radius 1 is 1.05 bits per heavy atom. The number of fused-ring (bicyclic) bond motifs is 1. The van der Waals surface area contributed by atoms with E-state index in [1.165, 1.54) is 6.92 Å². The number of amides is 1. The van der Waals surface area contributed by atoms with E-state index in [0.29, 0.717) is 6.54 Å². The van der Waals surface area contributed by atoms with Gasteiger partial charge in [0.15, 0.2) is 11.5 Å². The number of hydrogen-bond acceptors (Lipinski definition) is 4. The second kappa shape index (κ2) is 5.75. The zero-order valence-corrected chi connectivity index (χ0v) is 11.7. The van der Waals surface area contributed by atoms with Crippen LogP contribution in [0.2, 0.25) is 0 Å². The van der Waals surface area contributed by atoms with Gasteiger partial charge in [0.1, 0.15) is 0 Å². The Kier molecular flexibility index (Phi) is 3.64. The first-order valence-corrected chi connectivity index (χ1v) is 6.71. The van der Waals surface area contributed by atoms with E-state index in [4.69, 9.17) is 9.47 Å². The molecular formula is C16H16N2O3. The van der Waals surface area contributed by atoms with Gasteiger partial charge < -0.3 is 20.1 Å². The molecule has 0 unspecified atom stereocenters. The molecule has 0 aromatic heterocycles. The Hall–Kier alpha value is -2.69. The highest BCUT2D eigenvalue weighted by Gasteiger charge is 2.12. The maximum Gasteiger partial charge on any atom is 0.231 e. The lowest BCUT2D eigenvalue weighted by molar-refractivity contribution is -0.114. The van der Waals surface area contributed by atoms with E-state index in [-0.39, 0.29) is 12.7 Å². The molecule has 0 bridgehead atoms. The van der Waals surface area contributed by atoms with Gasteiger partial charge in [-0.2, -0.15) is 0 Å². The van der Waals surface area contributed by atoms with Crippen LogP contribution in [0, 0.1) is 0 Å². The lowest BCUT2D eigenvalue weighted by Crippen LogP contribution is -2.05. The van der Waals surface area contributed by atoms with Crippen LogP contribution < -0.4 is 20.1 Å². The predicted molar refractivity (Wildman–Crippen MR) is 80.6 cm³/mol. The van der Waals surface area contributed by atoms with Gasteiger partial charge in [-0.15, -0.1) is 0 Å². The number of anilines is 2. The van der Waals surface area contributed by atoms with Crippen molar-refractivity contribution in [3.8, 4) is 11.5 Å². The Bertz CT molecular complexity index is 653. The number of benzene rings is 2. The number of carbonyl (C=O) groups is 1. The van der Waals surface area contributed by atoms with E-state index < -0.39 is 0 Å². The minimum Gasteiger partial charge on any atom is -0.454 e. The van der Waals surface area contributed by atoms with Gasteiger partial charge in [0.25, 0.3) is 0 Å². The van der Waals surface area contributed by atoms with Gasteiger partial charge in [0.2, 0.25) is 12.7 Å². The monoisotopic (exact) mass is 284 g/mol. The van der Waals surface area contributed by atoms with E-state index >= 15 is 0 Å². The molecule has 0 saturated carbocycles. The summed E-state index contributed by atoms with van der Waals surface area (Å²) in [5, 5.41) is 6.06. The molecule has 0 saturated heterocycles. The highest BCUT2D eigenvalue weighted by atomic mass is 16.7. The van der Waals surface area contributed by atoms with Gasteiger partial charge in [-0.05, 0) is 42.0 Å². The lowest BCUT2D eigenvalue weighted by Gasteiger charge is -2.08. The summed E-state index contributed by atoms with van der Waals surface area (Å²) in [5.41, 5.74) is 2.89. The lowest BCUT2D eigenvalue weighted by atomic mass is 10.2. The van der Waals surface area contributed by atoms with Crippen LogP contribution >= 0.6 is 0 Å². The fraction of sp³-hybridized carbons (Fsp3) is 0.188. The zero-order valence-electron chi connectivity index (χ0n) is 11.7. The molecule has 0 atom stereocenters. The quantitative estimate of drug-likeness (QED) is 0.906. The van der Waals surface area contributed by atoms with Crippen molar-refractivity contribution in [1.29, 1.82) is 0 Å². The molecule has 5 nitrogen and oxygen atoms in total. The molecule has 108 valence electrons. The van der Waals surface area contributed by atoms with Crippen molar-refractivity contribution in [3.63, 3.8) is 0 Å². The molecule has 0 aliphatic carbocycles. The average molecular weight is 284 g/mol. The van der Waals surface area contributed by atoms with E-state index in [1.54, 1.807) is 0 Å². The summed E-state index contributed by atoms with van der Waals surface area (Å²) in [5.74, 6) is 1.50. The molecule has 1 aliphatic rings. The normalized spacial score (nSPS) is 12.0. The Balaban J connectivity index is 1.61. The van der Waals surface area contributed by atoms with Gasteiger partial charge in [0, 0.05) is 24.8 Å². The van der Waals surface area contributed by atoms with Crippen molar-refractivity contribution in [1.82, 2.24) is 0 Å². The van der Waals surface area contributed by atoms with E-state index in [0.717, 1.165) is 28.4 Å². The van der Waals surface area contributed by atoms with Gasteiger partial charge >= 0.3 is 0 Å². The zero-order chi connectivity index (χ0) is 14.7. The van der Waals surface area contributed by atoms with Crippen LogP contribution in [0.15, 0.2) is 42.5 Å². The first-order valence-electron chi connectivity index (χ1n) is 6.71. The molecule has 0 fully saturated rings. The molecule has 2 aromatic rings. The van der Waals surface area contributed by atoms with Crippen LogP contribution in [0.25, 0.3) is 0 Å². The van der Waals surface area contributed by atoms with E-state index in [1.807, 2.05) is 42.5 Å². The van der Waals surface area contributed by atoms with Crippen LogP contribution in [0.3, 0.4) is 0 Å². The highest BCUT2D eigenvalue weighted by molar-refractivity contribution is 5.88. The maximum atomic E-state index is 11.0. The number of carbonyl (C=O) groups excluding carboxylic acids is 1. The van der Waals surface area contributed by atoms with Crippen molar-refractivity contribution in [2.45, 2.75) is 13.5 Å². The first-order chi connectivity index (χ1) is 10.2. The molecule has 3 rings (SSSR count). The van der Waals surface area contributed by atoms with Crippen molar-refractivity contribution >= 4 is 17.3 Å². The van der Waals surface area contributed by atoms with Crippen LogP contribution in [0.5, 0.6) is 11.5 Å². The topological polar surface area (TPSA) is 59.6 Å². The smallest absolute Gasteiger partial charge is 0.231 e. The van der Waals surface area contributed by atoms with Crippen molar-refractivity contribution in [2.75, 3.05) is 17.4 Å². The minimum absolute atomic E-state index is 0.0731. The summed E-state index contributed by atoms with van der Waals surface area (Å²) in [4.78, 5) is 11.0. The van der Waals surface area contributed by atoms with Gasteiger partial charge in [-0.25, -0.2) is 0 Å². The second-order valence-electron chi connectivity index (χ2n) is 4.80. The van der Waals surface area contributed by atoms with Crippen LogP contribution in [-0.4, -0.2) is 12.7 Å². The summed E-state index contributed by atoms with van der Waals surface area (Å²) < 4.78 is 10.6. The van der Waals surface area contributed by atoms with E-state index in [9.17, 15) is 4.79 Å². The third kappa shape index (κ3) is 3.25. The summed E-state index contributed by atoms with van der Waals surface area (Å²) in [7, 11) is 0. The highest BCUT2D eigenvalue weighted by Crippen LogP contribution is 2.32. The molecule has 0 radical (unpaired) electrons. The van der Waals surface area contributed by atoms with Crippen LogP contribution in [0.4, 0.5) is 11.4 Å². The standard InChI is InChI=1S/C16H16N2O3/c1-11(19)18-14-5-3-13(4-6-14)17-9-12-2-7-15-16(8-12)21-10-20-15/h2-8,17H,9-10H2,1H3,(H,18,19). The fourth-order valence-corrected chi connectivity index (χ4v) is 2.13. The second-order valence-corrected chi connectivity index (χ2v) is 4.80. The molecule has 1 heterocycles. The molecule has 21 heavy (non-hydrogen) atoms. The first kappa shape index (κ1) is 13.3. The molecule has 1 amide bonds. The molecule has 1 aliphatic heterocycles. The van der Waals surface area contributed by atoms with Crippen molar-refractivity contribution < 1.29 is 14.3 Å². The summed E-state index contributed by atoms with van der Waals surface area (Å²) >= 11 is 0. The number of ether oxygens (including phenoxy) is 2. The largest absolute Gasteiger partial charge is 0.454 e. The summed E-state index contributed by atoms with van der Waals surface area (Å²) in [6.45, 7) is 2.47. The number of hydrogen-bond donors (Lipinski definition) is 2. The molecule has 2 N–H and O–H groups in total. The Morgan fingerprint density at radius 3 is 2.52 bits per heavy atom. The third-order valence-corrected chi connectivity index (χ3v) is 3.14. The number of rotatable bonds is 4. The van der Waals surface area contributed by atoms with Gasteiger partial charge in [-0.3, -0.25) is 4.79 Å². The molecule has 0 spiro atoms. The summed E-state index contributed by atoms with van der Waals surface area (Å²) in [6.07, 6.45) is 0. The van der Waals surface area contributed by atoms with Crippen LogP contribution in [-0.2, 0) is 11.3 Å². The third-order valence-electron chi connectivity index (χ3n) is 3.14. The van der Waals surface area contributed by atoms with Crippen molar-refractivity contribution in [2.24, 2.45) is 0 Å². The maximum absolute atomic E-state index is 11.0.